The molecular formula is C31H34F2N6O3. The SMILES string of the molecule is C.C=CC(=O)N1CCN(c2nc(=O)n(-c3c(C)ccnc3C(C)C)c3nc(-c4cc(F)ccc4O)c(F)cc23)[C@@H](C)C1. The summed E-state index contributed by atoms with van der Waals surface area (Å²) in [6.45, 7) is 12.2. The monoisotopic (exact) mass is 576 g/mol. The predicted octanol–water partition coefficient (Wildman–Crippen LogP) is 5.12. The van der Waals surface area contributed by atoms with Crippen LogP contribution in [-0.4, -0.2) is 61.1 Å². The van der Waals surface area contributed by atoms with Crippen LogP contribution in [0.2, 0.25) is 0 Å². The standard InChI is InChI=1S/C30H30F2N6O3.CH4/c1-6-24(40)36-11-12-37(18(5)15-36)28-21-14-22(32)26(20-13-19(31)7-8-23(20)39)34-29(21)38(30(41)35-28)27-17(4)9-10-33-25(27)16(2)3;/h6-10,13-14,16,18,39H,1,11-12,15H2,2-5H3;1H4/t18-;/m0./s1. The summed E-state index contributed by atoms with van der Waals surface area (Å²) in [6, 6.07) is 5.86. The van der Waals surface area contributed by atoms with Gasteiger partial charge in [-0.25, -0.2) is 23.1 Å². The number of nitrogens with zero attached hydrogens (tertiary/aromatic N) is 6. The summed E-state index contributed by atoms with van der Waals surface area (Å²) in [6.07, 6.45) is 2.90. The molecule has 1 saturated heterocycles. The minimum atomic E-state index is -0.827. The number of rotatable bonds is 5. The van der Waals surface area contributed by atoms with Gasteiger partial charge in [0.2, 0.25) is 5.91 Å². The molecule has 1 aromatic carbocycles. The molecule has 0 spiro atoms. The average Bonchev–Trinajstić information content (AvgIpc) is 2.94. The van der Waals surface area contributed by atoms with Gasteiger partial charge >= 0.3 is 5.69 Å². The number of carbonyl (C=O) groups excluding carboxylic acids is 1. The van der Waals surface area contributed by atoms with E-state index >= 15 is 4.39 Å². The number of halogens is 2. The number of aromatic nitrogens is 4. The summed E-state index contributed by atoms with van der Waals surface area (Å²) in [4.78, 5) is 43.1. The van der Waals surface area contributed by atoms with Crippen LogP contribution in [0.5, 0.6) is 5.75 Å². The van der Waals surface area contributed by atoms with E-state index in [4.69, 9.17) is 0 Å². The zero-order valence-corrected chi connectivity index (χ0v) is 23.2. The topological polar surface area (TPSA) is 104 Å². The van der Waals surface area contributed by atoms with Crippen molar-refractivity contribution >= 4 is 22.8 Å². The summed E-state index contributed by atoms with van der Waals surface area (Å²) >= 11 is 0. The number of aromatic hydroxyl groups is 1. The fourth-order valence-corrected chi connectivity index (χ4v) is 5.30. The van der Waals surface area contributed by atoms with Crippen LogP contribution in [0, 0.1) is 18.6 Å². The highest BCUT2D eigenvalue weighted by atomic mass is 19.1. The summed E-state index contributed by atoms with van der Waals surface area (Å²) in [5.74, 6) is -1.94. The third-order valence-electron chi connectivity index (χ3n) is 7.33. The number of hydrogen-bond acceptors (Lipinski definition) is 7. The number of amides is 1. The van der Waals surface area contributed by atoms with Crippen molar-refractivity contribution in [1.82, 2.24) is 24.4 Å². The molecule has 9 nitrogen and oxygen atoms in total. The number of pyridine rings is 2. The Morgan fingerprint density at radius 2 is 1.90 bits per heavy atom. The van der Waals surface area contributed by atoms with E-state index in [2.05, 4.69) is 21.5 Å². The highest BCUT2D eigenvalue weighted by Gasteiger charge is 2.30. The molecule has 0 unspecified atom stereocenters. The molecule has 42 heavy (non-hydrogen) atoms. The van der Waals surface area contributed by atoms with Crippen molar-refractivity contribution in [3.8, 4) is 22.7 Å². The van der Waals surface area contributed by atoms with Gasteiger partial charge in [-0.1, -0.05) is 27.9 Å². The molecule has 1 atom stereocenters. The number of piperazine rings is 1. The van der Waals surface area contributed by atoms with Crippen molar-refractivity contribution < 1.29 is 18.7 Å². The molecule has 3 aromatic heterocycles. The summed E-state index contributed by atoms with van der Waals surface area (Å²) < 4.78 is 31.3. The number of phenolic OH excluding ortho intramolecular Hbond substituents is 1. The first-order valence-corrected chi connectivity index (χ1v) is 13.3. The van der Waals surface area contributed by atoms with Gasteiger partial charge in [0, 0.05) is 37.4 Å². The predicted molar refractivity (Wildman–Crippen MR) is 159 cm³/mol. The van der Waals surface area contributed by atoms with E-state index in [1.54, 1.807) is 17.2 Å². The van der Waals surface area contributed by atoms with E-state index < -0.39 is 17.3 Å². The molecule has 5 rings (SSSR count). The van der Waals surface area contributed by atoms with Gasteiger partial charge in [0.05, 0.1) is 16.8 Å². The van der Waals surface area contributed by atoms with Gasteiger partial charge in [-0.3, -0.25) is 9.78 Å². The lowest BCUT2D eigenvalue weighted by atomic mass is 10.0. The first-order chi connectivity index (χ1) is 19.5. The second-order valence-electron chi connectivity index (χ2n) is 10.5. The Labute approximate surface area is 242 Å². The van der Waals surface area contributed by atoms with Crippen molar-refractivity contribution in [2.75, 3.05) is 24.5 Å². The molecule has 1 aliphatic heterocycles. The van der Waals surface area contributed by atoms with Gasteiger partial charge in [-0.05, 0) is 61.7 Å². The Morgan fingerprint density at radius 1 is 1.17 bits per heavy atom. The van der Waals surface area contributed by atoms with Crippen LogP contribution < -0.4 is 10.6 Å². The largest absolute Gasteiger partial charge is 0.507 e. The molecule has 0 bridgehead atoms. The third kappa shape index (κ3) is 5.22. The quantitative estimate of drug-likeness (QED) is 0.329. The fourth-order valence-electron chi connectivity index (χ4n) is 5.30. The van der Waals surface area contributed by atoms with Crippen LogP contribution in [-0.2, 0) is 4.79 Å². The smallest absolute Gasteiger partial charge is 0.355 e. The molecule has 4 aromatic rings. The van der Waals surface area contributed by atoms with Crippen LogP contribution in [0.15, 0.2) is 54.0 Å². The maximum Gasteiger partial charge on any atom is 0.355 e. The average molecular weight is 577 g/mol. The van der Waals surface area contributed by atoms with E-state index in [1.807, 2.05) is 32.6 Å². The van der Waals surface area contributed by atoms with E-state index in [-0.39, 0.29) is 59.2 Å². The molecule has 1 aliphatic rings. The Bertz CT molecular complexity index is 1750. The second kappa shape index (κ2) is 11.7. The number of hydrogen-bond donors (Lipinski definition) is 1. The molecule has 11 heteroatoms. The zero-order valence-electron chi connectivity index (χ0n) is 23.2. The van der Waals surface area contributed by atoms with E-state index in [1.165, 1.54) is 16.7 Å². The van der Waals surface area contributed by atoms with Crippen LogP contribution in [0.3, 0.4) is 0 Å². The third-order valence-corrected chi connectivity index (χ3v) is 7.33. The molecule has 1 N–H and O–H groups in total. The Kier molecular flexibility index (Phi) is 8.42. The highest BCUT2D eigenvalue weighted by molar-refractivity contribution is 5.91. The summed E-state index contributed by atoms with van der Waals surface area (Å²) in [7, 11) is 0. The van der Waals surface area contributed by atoms with Crippen molar-refractivity contribution in [1.29, 1.82) is 0 Å². The van der Waals surface area contributed by atoms with Crippen LogP contribution >= 0.6 is 0 Å². The lowest BCUT2D eigenvalue weighted by Crippen LogP contribution is -2.54. The van der Waals surface area contributed by atoms with Gasteiger partial charge < -0.3 is 14.9 Å². The minimum Gasteiger partial charge on any atom is -0.507 e. The van der Waals surface area contributed by atoms with Gasteiger partial charge in [-0.2, -0.15) is 4.98 Å². The maximum atomic E-state index is 15.8. The lowest BCUT2D eigenvalue weighted by molar-refractivity contribution is -0.126. The van der Waals surface area contributed by atoms with E-state index in [0.717, 1.165) is 23.8 Å². The van der Waals surface area contributed by atoms with Crippen LogP contribution in [0.1, 0.15) is 45.4 Å². The van der Waals surface area contributed by atoms with Gasteiger partial charge in [0.1, 0.15) is 23.1 Å². The van der Waals surface area contributed by atoms with Crippen molar-refractivity contribution in [3.63, 3.8) is 0 Å². The molecule has 220 valence electrons. The maximum absolute atomic E-state index is 15.8. The zero-order chi connectivity index (χ0) is 29.6. The number of phenols is 1. The molecule has 0 radical (unpaired) electrons. The lowest BCUT2D eigenvalue weighted by Gasteiger charge is -2.40. The van der Waals surface area contributed by atoms with E-state index in [0.29, 0.717) is 31.0 Å². The number of fused-ring (bicyclic) bond motifs is 1. The first-order valence-electron chi connectivity index (χ1n) is 13.3. The number of carbonyl (C=O) groups is 1. The Morgan fingerprint density at radius 3 is 2.57 bits per heavy atom. The molecule has 1 fully saturated rings. The number of aryl methyl sites for hydroxylation is 1. The van der Waals surface area contributed by atoms with Crippen molar-refractivity contribution in [3.05, 3.63) is 82.6 Å². The minimum absolute atomic E-state index is 0. The number of anilines is 1. The Hall–Kier alpha value is -4.67. The number of benzene rings is 1. The normalized spacial score (nSPS) is 15.2. The Balaban J connectivity index is 0.00000405. The van der Waals surface area contributed by atoms with Gasteiger partial charge in [-0.15, -0.1) is 0 Å². The van der Waals surface area contributed by atoms with Crippen molar-refractivity contribution in [2.45, 2.75) is 47.1 Å². The molecular weight excluding hydrogens is 542 g/mol. The highest BCUT2D eigenvalue weighted by Crippen LogP contribution is 2.36. The molecule has 1 amide bonds. The summed E-state index contributed by atoms with van der Waals surface area (Å²) in [5.41, 5.74) is 0.771. The second-order valence-corrected chi connectivity index (χ2v) is 10.5. The van der Waals surface area contributed by atoms with Gasteiger partial charge in [0.15, 0.2) is 11.5 Å². The van der Waals surface area contributed by atoms with Crippen LogP contribution in [0.4, 0.5) is 14.6 Å². The summed E-state index contributed by atoms with van der Waals surface area (Å²) in [5, 5.41) is 10.7. The molecule has 0 aliphatic carbocycles. The van der Waals surface area contributed by atoms with E-state index in [9.17, 15) is 19.1 Å². The van der Waals surface area contributed by atoms with Crippen LogP contribution in [0.25, 0.3) is 28.0 Å². The molecule has 4 heterocycles. The van der Waals surface area contributed by atoms with Crippen molar-refractivity contribution in [2.24, 2.45) is 0 Å². The van der Waals surface area contributed by atoms with Gasteiger partial charge in [0.25, 0.3) is 0 Å². The fraction of sp³-hybridized carbons (Fsp3) is 0.323. The first kappa shape index (κ1) is 30.3. The molecule has 0 saturated carbocycles.